The molecule has 104 valence electrons. The molecule has 0 aliphatic rings. The van der Waals surface area contributed by atoms with E-state index in [-0.39, 0.29) is 11.9 Å². The van der Waals surface area contributed by atoms with Crippen LogP contribution in [0, 0.1) is 0 Å². The quantitative estimate of drug-likeness (QED) is 0.894. The van der Waals surface area contributed by atoms with E-state index in [0.29, 0.717) is 10.2 Å². The van der Waals surface area contributed by atoms with Gasteiger partial charge in [0.15, 0.2) is 0 Å². The number of carbonyl (C=O) groups is 1. The number of pyridine rings is 1. The fourth-order valence-electron chi connectivity index (χ4n) is 2.08. The minimum Gasteiger partial charge on any atom is -0.344 e. The first kappa shape index (κ1) is 14.7. The summed E-state index contributed by atoms with van der Waals surface area (Å²) in [5.74, 6) is -0.153. The molecule has 0 spiro atoms. The van der Waals surface area contributed by atoms with Crippen LogP contribution in [0.2, 0.25) is 0 Å². The van der Waals surface area contributed by atoms with Gasteiger partial charge in [-0.05, 0) is 40.0 Å². The largest absolute Gasteiger partial charge is 0.344 e. The third-order valence-corrected chi connectivity index (χ3v) is 3.70. The second-order valence-electron chi connectivity index (χ2n) is 4.56. The summed E-state index contributed by atoms with van der Waals surface area (Å²) < 4.78 is 0.709. The van der Waals surface area contributed by atoms with E-state index in [2.05, 4.69) is 33.2 Å². The second-order valence-corrected chi connectivity index (χ2v) is 5.41. The van der Waals surface area contributed by atoms with Crippen LogP contribution >= 0.6 is 15.9 Å². The van der Waals surface area contributed by atoms with E-state index in [1.54, 1.807) is 12.3 Å². The van der Waals surface area contributed by atoms with Gasteiger partial charge in [0.2, 0.25) is 0 Å². The van der Waals surface area contributed by atoms with Crippen molar-refractivity contribution in [3.63, 3.8) is 0 Å². The van der Waals surface area contributed by atoms with Gasteiger partial charge in [-0.2, -0.15) is 0 Å². The molecule has 0 bridgehead atoms. The fraction of sp³-hybridized carbons (Fsp3) is 0.250. The monoisotopic (exact) mass is 332 g/mol. The number of amides is 1. The van der Waals surface area contributed by atoms with Crippen molar-refractivity contribution in [2.75, 3.05) is 0 Å². The normalized spacial score (nSPS) is 11.9. The van der Waals surface area contributed by atoms with Crippen molar-refractivity contribution in [1.29, 1.82) is 0 Å². The molecular formula is C16H17BrN2O. The van der Waals surface area contributed by atoms with Gasteiger partial charge in [-0.3, -0.25) is 4.79 Å². The molecule has 0 aliphatic carbocycles. The minimum atomic E-state index is -0.153. The van der Waals surface area contributed by atoms with Gasteiger partial charge >= 0.3 is 0 Å². The van der Waals surface area contributed by atoms with Crippen molar-refractivity contribution in [2.24, 2.45) is 0 Å². The van der Waals surface area contributed by atoms with Crippen LogP contribution in [0.4, 0.5) is 0 Å². The van der Waals surface area contributed by atoms with Gasteiger partial charge in [0.05, 0.1) is 6.04 Å². The number of benzene rings is 1. The Hall–Kier alpha value is -1.68. The summed E-state index contributed by atoms with van der Waals surface area (Å²) in [5.41, 5.74) is 1.54. The Bertz CT molecular complexity index is 572. The lowest BCUT2D eigenvalue weighted by Gasteiger charge is -2.18. The maximum Gasteiger partial charge on any atom is 0.271 e. The van der Waals surface area contributed by atoms with Crippen LogP contribution in [0.15, 0.2) is 53.1 Å². The maximum absolute atomic E-state index is 12.3. The van der Waals surface area contributed by atoms with Crippen LogP contribution in [-0.2, 0) is 0 Å². The number of nitrogens with one attached hydrogen (secondary N) is 1. The van der Waals surface area contributed by atoms with Crippen LogP contribution in [0.25, 0.3) is 0 Å². The van der Waals surface area contributed by atoms with E-state index in [0.717, 1.165) is 18.4 Å². The van der Waals surface area contributed by atoms with E-state index in [4.69, 9.17) is 0 Å². The SMILES string of the molecule is CCCC(NC(=O)c1ncccc1Br)c1ccccc1. The predicted molar refractivity (Wildman–Crippen MR) is 83.5 cm³/mol. The predicted octanol–water partition coefficient (Wildman–Crippen LogP) is 4.12. The molecule has 1 heterocycles. The van der Waals surface area contributed by atoms with E-state index in [9.17, 15) is 4.79 Å². The number of carbonyl (C=O) groups excluding carboxylic acids is 1. The molecule has 0 saturated carbocycles. The zero-order valence-corrected chi connectivity index (χ0v) is 12.9. The minimum absolute atomic E-state index is 0.0163. The van der Waals surface area contributed by atoms with Crippen LogP contribution in [0.5, 0.6) is 0 Å². The Labute approximate surface area is 127 Å². The summed E-state index contributed by atoms with van der Waals surface area (Å²) in [4.78, 5) is 16.4. The zero-order valence-electron chi connectivity index (χ0n) is 11.3. The van der Waals surface area contributed by atoms with Gasteiger partial charge in [-0.1, -0.05) is 43.7 Å². The fourth-order valence-corrected chi connectivity index (χ4v) is 2.51. The number of halogens is 1. The topological polar surface area (TPSA) is 42.0 Å². The van der Waals surface area contributed by atoms with E-state index < -0.39 is 0 Å². The van der Waals surface area contributed by atoms with Crippen molar-refractivity contribution in [2.45, 2.75) is 25.8 Å². The van der Waals surface area contributed by atoms with Gasteiger partial charge < -0.3 is 5.32 Å². The van der Waals surface area contributed by atoms with Gasteiger partial charge in [0, 0.05) is 10.7 Å². The molecule has 1 N–H and O–H groups in total. The molecule has 0 radical (unpaired) electrons. The molecule has 2 rings (SSSR count). The number of rotatable bonds is 5. The lowest BCUT2D eigenvalue weighted by molar-refractivity contribution is 0.0928. The number of nitrogens with zero attached hydrogens (tertiary/aromatic N) is 1. The highest BCUT2D eigenvalue weighted by molar-refractivity contribution is 9.10. The molecule has 2 aromatic rings. The van der Waals surface area contributed by atoms with Gasteiger partial charge in [0.25, 0.3) is 5.91 Å². The van der Waals surface area contributed by atoms with E-state index in [1.165, 1.54) is 0 Å². The molecule has 0 saturated heterocycles. The molecule has 20 heavy (non-hydrogen) atoms. The molecule has 1 amide bonds. The number of hydrogen-bond donors (Lipinski definition) is 1. The highest BCUT2D eigenvalue weighted by atomic mass is 79.9. The van der Waals surface area contributed by atoms with Crippen LogP contribution in [-0.4, -0.2) is 10.9 Å². The first-order valence-corrected chi connectivity index (χ1v) is 7.48. The van der Waals surface area contributed by atoms with Crippen LogP contribution in [0.3, 0.4) is 0 Å². The summed E-state index contributed by atoms with van der Waals surface area (Å²) in [6.07, 6.45) is 3.53. The van der Waals surface area contributed by atoms with E-state index >= 15 is 0 Å². The average Bonchev–Trinajstić information content (AvgIpc) is 2.48. The van der Waals surface area contributed by atoms with Crippen molar-refractivity contribution in [3.8, 4) is 0 Å². The van der Waals surface area contributed by atoms with E-state index in [1.807, 2.05) is 36.4 Å². The molecule has 0 aliphatic heterocycles. The molecular weight excluding hydrogens is 316 g/mol. The Balaban J connectivity index is 2.17. The standard InChI is InChI=1S/C16H17BrN2O/c1-2-7-14(12-8-4-3-5-9-12)19-16(20)15-13(17)10-6-11-18-15/h3-6,8-11,14H,2,7H2,1H3,(H,19,20). The number of aromatic nitrogens is 1. The highest BCUT2D eigenvalue weighted by Gasteiger charge is 2.17. The number of hydrogen-bond acceptors (Lipinski definition) is 2. The molecule has 1 aromatic heterocycles. The first-order valence-electron chi connectivity index (χ1n) is 6.68. The Morgan fingerprint density at radius 3 is 2.65 bits per heavy atom. The first-order chi connectivity index (χ1) is 9.72. The molecule has 1 aromatic carbocycles. The summed E-state index contributed by atoms with van der Waals surface area (Å²) in [6, 6.07) is 13.6. The molecule has 4 heteroatoms. The molecule has 1 unspecified atom stereocenters. The highest BCUT2D eigenvalue weighted by Crippen LogP contribution is 2.20. The van der Waals surface area contributed by atoms with Crippen molar-refractivity contribution >= 4 is 21.8 Å². The molecule has 0 fully saturated rings. The second kappa shape index (κ2) is 7.20. The summed E-state index contributed by atoms with van der Waals surface area (Å²) in [7, 11) is 0. The lowest BCUT2D eigenvalue weighted by Crippen LogP contribution is -2.29. The Kier molecular flexibility index (Phi) is 5.30. The maximum atomic E-state index is 12.3. The van der Waals surface area contributed by atoms with Crippen LogP contribution in [0.1, 0.15) is 41.9 Å². The summed E-state index contributed by atoms with van der Waals surface area (Å²) in [5, 5.41) is 3.06. The third-order valence-electron chi connectivity index (χ3n) is 3.06. The van der Waals surface area contributed by atoms with Gasteiger partial charge in [-0.25, -0.2) is 4.98 Å². The summed E-state index contributed by atoms with van der Waals surface area (Å²) >= 11 is 3.36. The van der Waals surface area contributed by atoms with Crippen LogP contribution < -0.4 is 5.32 Å². The molecule has 1 atom stereocenters. The smallest absolute Gasteiger partial charge is 0.271 e. The summed E-state index contributed by atoms with van der Waals surface area (Å²) in [6.45, 7) is 2.11. The average molecular weight is 333 g/mol. The third kappa shape index (κ3) is 3.67. The molecule has 3 nitrogen and oxygen atoms in total. The van der Waals surface area contributed by atoms with Gasteiger partial charge in [-0.15, -0.1) is 0 Å². The van der Waals surface area contributed by atoms with Crippen molar-refractivity contribution in [3.05, 3.63) is 64.4 Å². The Morgan fingerprint density at radius 1 is 1.25 bits per heavy atom. The lowest BCUT2D eigenvalue weighted by atomic mass is 10.0. The zero-order chi connectivity index (χ0) is 14.4. The van der Waals surface area contributed by atoms with Gasteiger partial charge in [0.1, 0.15) is 5.69 Å². The van der Waals surface area contributed by atoms with Crippen molar-refractivity contribution < 1.29 is 4.79 Å². The van der Waals surface area contributed by atoms with Crippen molar-refractivity contribution in [1.82, 2.24) is 10.3 Å². The Morgan fingerprint density at radius 2 is 2.00 bits per heavy atom.